The molecule has 0 unspecified atom stereocenters. The van der Waals surface area contributed by atoms with E-state index in [4.69, 9.17) is 0 Å². The molecule has 1 nitrogen and oxygen atoms in total. The minimum atomic E-state index is 1.02. The van der Waals surface area contributed by atoms with Crippen molar-refractivity contribution in [2.24, 2.45) is 5.92 Å². The number of rotatable bonds is 19. The van der Waals surface area contributed by atoms with E-state index in [0.717, 1.165) is 5.92 Å². The van der Waals surface area contributed by atoms with Crippen molar-refractivity contribution in [1.82, 2.24) is 4.90 Å². The molecule has 0 saturated carbocycles. The van der Waals surface area contributed by atoms with E-state index < -0.39 is 0 Å². The van der Waals surface area contributed by atoms with Crippen molar-refractivity contribution in [2.45, 2.75) is 124 Å². The highest BCUT2D eigenvalue weighted by Gasteiger charge is 2.09. The Morgan fingerprint density at radius 1 is 0.458 bits per heavy atom. The Kier molecular flexibility index (Phi) is 19.3. The van der Waals surface area contributed by atoms with Crippen molar-refractivity contribution in [3.63, 3.8) is 0 Å². The van der Waals surface area contributed by atoms with Gasteiger partial charge in [0.05, 0.1) is 0 Å². The fraction of sp³-hybridized carbons (Fsp3) is 1.00. The molecular formula is C23H49N. The molecule has 0 rings (SSSR count). The van der Waals surface area contributed by atoms with Crippen LogP contribution in [0.1, 0.15) is 124 Å². The van der Waals surface area contributed by atoms with E-state index in [0.29, 0.717) is 0 Å². The maximum absolute atomic E-state index is 2.68. The molecule has 0 aromatic carbocycles. The molecular weight excluding hydrogens is 290 g/mol. The van der Waals surface area contributed by atoms with Crippen LogP contribution in [0.25, 0.3) is 0 Å². The topological polar surface area (TPSA) is 3.24 Å². The average molecular weight is 340 g/mol. The molecule has 0 amide bonds. The summed E-state index contributed by atoms with van der Waals surface area (Å²) in [5, 5.41) is 0. The molecule has 1 heteroatoms. The van der Waals surface area contributed by atoms with Crippen LogP contribution >= 0.6 is 0 Å². The van der Waals surface area contributed by atoms with Gasteiger partial charge in [0.15, 0.2) is 0 Å². The van der Waals surface area contributed by atoms with E-state index in [9.17, 15) is 0 Å². The van der Waals surface area contributed by atoms with Crippen molar-refractivity contribution in [1.29, 1.82) is 0 Å². The summed E-state index contributed by atoms with van der Waals surface area (Å²) in [4.78, 5) is 2.68. The molecule has 0 aliphatic carbocycles. The molecule has 0 aromatic rings. The van der Waals surface area contributed by atoms with Crippen molar-refractivity contribution in [3.05, 3.63) is 0 Å². The summed E-state index contributed by atoms with van der Waals surface area (Å²) >= 11 is 0. The first-order chi connectivity index (χ1) is 11.8. The van der Waals surface area contributed by atoms with Gasteiger partial charge >= 0.3 is 0 Å². The second-order valence-corrected chi connectivity index (χ2v) is 7.90. The number of hydrogen-bond acceptors (Lipinski definition) is 1. The molecule has 146 valence electrons. The van der Waals surface area contributed by atoms with Crippen LogP contribution in [0.4, 0.5) is 0 Å². The first-order valence-corrected chi connectivity index (χ1v) is 11.5. The fourth-order valence-electron chi connectivity index (χ4n) is 3.89. The highest BCUT2D eigenvalue weighted by molar-refractivity contribution is 4.63. The van der Waals surface area contributed by atoms with E-state index in [1.165, 1.54) is 116 Å². The first-order valence-electron chi connectivity index (χ1n) is 11.5. The number of nitrogens with zero attached hydrogens (tertiary/aromatic N) is 1. The van der Waals surface area contributed by atoms with Crippen molar-refractivity contribution < 1.29 is 0 Å². The lowest BCUT2D eigenvalue weighted by Crippen LogP contribution is -2.26. The fourth-order valence-corrected chi connectivity index (χ4v) is 3.89. The smallest absolute Gasteiger partial charge is 0.00187 e. The molecule has 0 fully saturated rings. The van der Waals surface area contributed by atoms with Gasteiger partial charge in [-0.1, -0.05) is 105 Å². The van der Waals surface area contributed by atoms with E-state index in [-0.39, 0.29) is 0 Å². The lowest BCUT2D eigenvalue weighted by molar-refractivity contribution is 0.262. The van der Waals surface area contributed by atoms with Crippen LogP contribution in [0.5, 0.6) is 0 Å². The molecule has 24 heavy (non-hydrogen) atoms. The van der Waals surface area contributed by atoms with E-state index in [2.05, 4.69) is 32.6 Å². The maximum atomic E-state index is 2.68. The Morgan fingerprint density at radius 2 is 0.917 bits per heavy atom. The van der Waals surface area contributed by atoms with Gasteiger partial charge in [0.1, 0.15) is 0 Å². The lowest BCUT2D eigenvalue weighted by Gasteiger charge is -2.22. The van der Waals surface area contributed by atoms with E-state index >= 15 is 0 Å². The van der Waals surface area contributed by atoms with Gasteiger partial charge in [0, 0.05) is 0 Å². The molecule has 0 aliphatic rings. The van der Waals surface area contributed by atoms with Gasteiger partial charge in [-0.3, -0.25) is 0 Å². The molecule has 0 atom stereocenters. The zero-order valence-electron chi connectivity index (χ0n) is 17.8. The maximum Gasteiger partial charge on any atom is -0.00187 e. The van der Waals surface area contributed by atoms with Gasteiger partial charge in [0.25, 0.3) is 0 Å². The van der Waals surface area contributed by atoms with E-state index in [1.807, 2.05) is 0 Å². The van der Waals surface area contributed by atoms with Gasteiger partial charge in [-0.25, -0.2) is 0 Å². The van der Waals surface area contributed by atoms with Crippen LogP contribution in [-0.4, -0.2) is 24.5 Å². The first kappa shape index (κ1) is 24.0. The minimum Gasteiger partial charge on any atom is -0.303 e. The predicted molar refractivity (Wildman–Crippen MR) is 112 cm³/mol. The van der Waals surface area contributed by atoms with Crippen LogP contribution in [0, 0.1) is 5.92 Å². The molecule has 0 aliphatic heterocycles. The van der Waals surface area contributed by atoms with Gasteiger partial charge in [0.2, 0.25) is 0 Å². The largest absolute Gasteiger partial charge is 0.303 e. The standard InChI is InChI=1S/C23H49N/c1-5-9-11-13-17-23(18-14-12-10-6-2)19-15-16-22-24(20-7-3)21-8-4/h23H,5-22H2,1-4H3. The van der Waals surface area contributed by atoms with E-state index in [1.54, 1.807) is 0 Å². The third-order valence-electron chi connectivity index (χ3n) is 5.35. The third-order valence-corrected chi connectivity index (χ3v) is 5.35. The Bertz CT molecular complexity index is 208. The Balaban J connectivity index is 3.94. The zero-order chi connectivity index (χ0) is 17.9. The summed E-state index contributed by atoms with van der Waals surface area (Å²) in [7, 11) is 0. The SMILES string of the molecule is CCCCCCC(CCCCCC)CCCCN(CCC)CCC. The molecule has 0 saturated heterocycles. The normalized spacial score (nSPS) is 11.8. The van der Waals surface area contributed by atoms with Crippen molar-refractivity contribution in [3.8, 4) is 0 Å². The number of hydrogen-bond donors (Lipinski definition) is 0. The summed E-state index contributed by atoms with van der Waals surface area (Å²) in [5.74, 6) is 1.02. The molecule has 0 aromatic heterocycles. The summed E-state index contributed by atoms with van der Waals surface area (Å²) < 4.78 is 0. The summed E-state index contributed by atoms with van der Waals surface area (Å²) in [6.45, 7) is 13.2. The molecule has 0 bridgehead atoms. The number of unbranched alkanes of at least 4 members (excludes halogenated alkanes) is 7. The van der Waals surface area contributed by atoms with Crippen LogP contribution in [0.3, 0.4) is 0 Å². The molecule has 0 N–H and O–H groups in total. The molecule has 0 radical (unpaired) electrons. The van der Waals surface area contributed by atoms with Gasteiger partial charge < -0.3 is 4.90 Å². The molecule has 0 spiro atoms. The second kappa shape index (κ2) is 19.3. The average Bonchev–Trinajstić information content (AvgIpc) is 2.58. The van der Waals surface area contributed by atoms with Crippen LogP contribution in [0.2, 0.25) is 0 Å². The monoisotopic (exact) mass is 339 g/mol. The Hall–Kier alpha value is -0.0400. The van der Waals surface area contributed by atoms with Crippen LogP contribution in [-0.2, 0) is 0 Å². The zero-order valence-corrected chi connectivity index (χ0v) is 17.8. The van der Waals surface area contributed by atoms with Crippen molar-refractivity contribution >= 4 is 0 Å². The molecule has 0 heterocycles. The lowest BCUT2D eigenvalue weighted by atomic mass is 9.90. The summed E-state index contributed by atoms with van der Waals surface area (Å²) in [6.07, 6.45) is 21.4. The summed E-state index contributed by atoms with van der Waals surface area (Å²) in [6, 6.07) is 0. The Morgan fingerprint density at radius 3 is 1.33 bits per heavy atom. The van der Waals surface area contributed by atoms with Crippen LogP contribution in [0.15, 0.2) is 0 Å². The predicted octanol–water partition coefficient (Wildman–Crippen LogP) is 7.84. The quantitative estimate of drug-likeness (QED) is 0.217. The Labute approximate surface area is 155 Å². The minimum absolute atomic E-state index is 1.02. The van der Waals surface area contributed by atoms with Gasteiger partial charge in [-0.2, -0.15) is 0 Å². The highest BCUT2D eigenvalue weighted by atomic mass is 15.1. The van der Waals surface area contributed by atoms with Gasteiger partial charge in [-0.05, 0) is 44.8 Å². The second-order valence-electron chi connectivity index (χ2n) is 7.90. The third kappa shape index (κ3) is 15.5. The highest BCUT2D eigenvalue weighted by Crippen LogP contribution is 2.23. The summed E-state index contributed by atoms with van der Waals surface area (Å²) in [5.41, 5.74) is 0. The van der Waals surface area contributed by atoms with Gasteiger partial charge in [-0.15, -0.1) is 0 Å². The van der Waals surface area contributed by atoms with Crippen LogP contribution < -0.4 is 0 Å². The van der Waals surface area contributed by atoms with Crippen molar-refractivity contribution in [2.75, 3.05) is 19.6 Å².